The molecule has 0 radical (unpaired) electrons. The molecule has 2 N–H and O–H groups in total. The number of carboxylic acid groups (broad SMARTS) is 1. The van der Waals surface area contributed by atoms with Gasteiger partial charge in [-0.2, -0.15) is 0 Å². The van der Waals surface area contributed by atoms with E-state index in [0.29, 0.717) is 22.2 Å². The van der Waals surface area contributed by atoms with Crippen molar-refractivity contribution < 1.29 is 19.5 Å². The van der Waals surface area contributed by atoms with Gasteiger partial charge in [-0.15, -0.1) is 0 Å². The van der Waals surface area contributed by atoms with Crippen LogP contribution in [-0.4, -0.2) is 39.0 Å². The highest BCUT2D eigenvalue weighted by atomic mass is 35.5. The highest BCUT2D eigenvalue weighted by Crippen LogP contribution is 2.45. The van der Waals surface area contributed by atoms with Gasteiger partial charge in [0.1, 0.15) is 11.5 Å². The number of carbonyl (C=O) groups is 1. The Labute approximate surface area is 233 Å². The minimum atomic E-state index is -0.857. The summed E-state index contributed by atoms with van der Waals surface area (Å²) >= 11 is 6.23. The van der Waals surface area contributed by atoms with E-state index in [1.807, 2.05) is 42.8 Å². The van der Waals surface area contributed by atoms with Crippen LogP contribution in [0, 0.1) is 18.8 Å². The van der Waals surface area contributed by atoms with Crippen LogP contribution < -0.4 is 4.90 Å². The number of rotatable bonds is 5. The topological polar surface area (TPSA) is 91.7 Å². The van der Waals surface area contributed by atoms with Crippen molar-refractivity contribution in [1.82, 2.24) is 9.72 Å². The summed E-state index contributed by atoms with van der Waals surface area (Å²) in [5, 5.41) is 24.4. The van der Waals surface area contributed by atoms with Crippen molar-refractivity contribution in [3.05, 3.63) is 70.1 Å². The Morgan fingerprint density at radius 1 is 1.13 bits per heavy atom. The lowest BCUT2D eigenvalue weighted by molar-refractivity contribution is 0.0699. The van der Waals surface area contributed by atoms with Crippen molar-refractivity contribution in [3.8, 4) is 11.3 Å². The first-order chi connectivity index (χ1) is 18.9. The fraction of sp³-hybridized carbons (Fsp3) is 0.419. The number of nitrogens with zero attached hydrogens (tertiary/aromatic N) is 3. The maximum atomic E-state index is 11.3. The highest BCUT2D eigenvalue weighted by Gasteiger charge is 2.36. The largest absolute Gasteiger partial charge is 0.478 e. The average molecular weight is 548 g/mol. The predicted octanol–water partition coefficient (Wildman–Crippen LogP) is 6.79. The smallest absolute Gasteiger partial charge is 0.337 e. The Kier molecular flexibility index (Phi) is 6.89. The summed E-state index contributed by atoms with van der Waals surface area (Å²) in [4.78, 5) is 13.8. The van der Waals surface area contributed by atoms with E-state index in [1.54, 1.807) is 6.20 Å². The molecule has 4 aromatic rings. The molecule has 3 heterocycles. The van der Waals surface area contributed by atoms with Crippen molar-refractivity contribution in [2.24, 2.45) is 18.9 Å². The molecule has 3 aliphatic rings. The van der Waals surface area contributed by atoms with E-state index in [9.17, 15) is 15.0 Å². The Balaban J connectivity index is 0.000000144. The molecule has 2 saturated carbocycles. The summed E-state index contributed by atoms with van der Waals surface area (Å²) in [5.41, 5.74) is 5.98. The van der Waals surface area contributed by atoms with Crippen LogP contribution in [0.1, 0.15) is 65.3 Å². The minimum absolute atomic E-state index is 0.0602. The van der Waals surface area contributed by atoms with E-state index in [-0.39, 0.29) is 6.61 Å². The maximum absolute atomic E-state index is 11.3. The third-order valence-electron chi connectivity index (χ3n) is 8.68. The number of aliphatic hydroxyl groups is 1. The number of aromatic carboxylic acids is 1. The number of aliphatic hydroxyl groups excluding tert-OH is 1. The molecular formula is C31H34ClN3O4. The quantitative estimate of drug-likeness (QED) is 0.286. The molecular weight excluding hydrogens is 514 g/mol. The molecule has 0 amide bonds. The standard InChI is InChI=1S/C17H20N2O2.C14H14ClNO2/c1-18-10-15(17(20)21)14-6-5-13(7-16(14)18)19-8-11-3-2-4-12(11)9-19;1-8-3-2-4-11(15)12(8)13-10(7-17)14(18-16-13)9-5-6-9/h5-7,10-12H,2-4,8-9H2,1H3,(H,20,21);2-4,9,17H,5-7H2,1H3/t11-,12+;. The first-order valence-electron chi connectivity index (χ1n) is 13.8. The predicted molar refractivity (Wildman–Crippen MR) is 153 cm³/mol. The normalized spacial score (nSPS) is 20.3. The highest BCUT2D eigenvalue weighted by molar-refractivity contribution is 6.33. The zero-order valence-corrected chi connectivity index (χ0v) is 23.1. The van der Waals surface area contributed by atoms with Crippen LogP contribution in [0.5, 0.6) is 0 Å². The third kappa shape index (κ3) is 4.83. The second-order valence-electron chi connectivity index (χ2n) is 11.3. The van der Waals surface area contributed by atoms with Gasteiger partial charge < -0.3 is 24.2 Å². The third-order valence-corrected chi connectivity index (χ3v) is 8.99. The van der Waals surface area contributed by atoms with Crippen molar-refractivity contribution in [2.75, 3.05) is 18.0 Å². The first kappa shape index (κ1) is 26.0. The van der Waals surface area contributed by atoms with Crippen LogP contribution in [0.15, 0.2) is 47.1 Å². The van der Waals surface area contributed by atoms with Gasteiger partial charge in [0.05, 0.1) is 22.7 Å². The molecule has 0 bridgehead atoms. The summed E-state index contributed by atoms with van der Waals surface area (Å²) in [6.07, 6.45) is 8.07. The van der Waals surface area contributed by atoms with Crippen molar-refractivity contribution in [1.29, 1.82) is 0 Å². The monoisotopic (exact) mass is 547 g/mol. The molecule has 3 fully saturated rings. The second kappa shape index (κ2) is 10.4. The van der Waals surface area contributed by atoms with Gasteiger partial charge in [0, 0.05) is 54.5 Å². The first-order valence-corrected chi connectivity index (χ1v) is 14.2. The van der Waals surface area contributed by atoms with E-state index in [2.05, 4.69) is 22.2 Å². The average Bonchev–Trinajstić information content (AvgIpc) is 3.22. The summed E-state index contributed by atoms with van der Waals surface area (Å²) in [6, 6.07) is 11.9. The van der Waals surface area contributed by atoms with Crippen LogP contribution in [-0.2, 0) is 13.7 Å². The lowest BCUT2D eigenvalue weighted by atomic mass is 10.0. The number of aryl methyl sites for hydroxylation is 2. The van der Waals surface area contributed by atoms with Crippen LogP contribution in [0.2, 0.25) is 5.02 Å². The van der Waals surface area contributed by atoms with E-state index in [0.717, 1.165) is 71.1 Å². The fourth-order valence-corrected chi connectivity index (χ4v) is 6.77. The number of hydrogen-bond acceptors (Lipinski definition) is 5. The number of benzene rings is 2. The molecule has 2 aromatic carbocycles. The lowest BCUT2D eigenvalue weighted by Gasteiger charge is -2.20. The van der Waals surface area contributed by atoms with Crippen molar-refractivity contribution >= 4 is 34.2 Å². The molecule has 7 nitrogen and oxygen atoms in total. The lowest BCUT2D eigenvalue weighted by Crippen LogP contribution is -2.20. The van der Waals surface area contributed by atoms with E-state index >= 15 is 0 Å². The maximum Gasteiger partial charge on any atom is 0.337 e. The number of aromatic nitrogens is 2. The Hall–Kier alpha value is -3.29. The van der Waals surface area contributed by atoms with Crippen molar-refractivity contribution in [2.45, 2.75) is 51.6 Å². The molecule has 8 heteroatoms. The van der Waals surface area contributed by atoms with Gasteiger partial charge in [-0.25, -0.2) is 4.79 Å². The SMILES string of the molecule is Cc1cccc(Cl)c1-c1noc(C2CC2)c1CO.Cn1cc(C(=O)O)c2ccc(N3C[C@H]4CCC[C@H]4C3)cc21. The summed E-state index contributed by atoms with van der Waals surface area (Å²) < 4.78 is 7.32. The molecule has 0 spiro atoms. The van der Waals surface area contributed by atoms with E-state index < -0.39 is 5.97 Å². The molecule has 1 aliphatic heterocycles. The van der Waals surface area contributed by atoms with Crippen molar-refractivity contribution in [3.63, 3.8) is 0 Å². The zero-order valence-electron chi connectivity index (χ0n) is 22.4. The van der Waals surface area contributed by atoms with Gasteiger partial charge in [-0.3, -0.25) is 0 Å². The molecule has 1 saturated heterocycles. The van der Waals surface area contributed by atoms with Gasteiger partial charge in [-0.05, 0) is 74.3 Å². The molecule has 0 unspecified atom stereocenters. The molecule has 2 aromatic heterocycles. The molecule has 39 heavy (non-hydrogen) atoms. The second-order valence-corrected chi connectivity index (χ2v) is 11.7. The van der Waals surface area contributed by atoms with Gasteiger partial charge in [0.2, 0.25) is 0 Å². The molecule has 2 atom stereocenters. The summed E-state index contributed by atoms with van der Waals surface area (Å²) in [7, 11) is 1.91. The number of carboxylic acids is 1. The molecule has 7 rings (SSSR count). The van der Waals surface area contributed by atoms with Crippen LogP contribution in [0.25, 0.3) is 22.2 Å². The summed E-state index contributed by atoms with van der Waals surface area (Å²) in [6.45, 7) is 4.24. The van der Waals surface area contributed by atoms with E-state index in [1.165, 1.54) is 24.9 Å². The Morgan fingerprint density at radius 3 is 2.51 bits per heavy atom. The molecule has 204 valence electrons. The van der Waals surface area contributed by atoms with Gasteiger partial charge >= 0.3 is 5.97 Å². The van der Waals surface area contributed by atoms with Crippen LogP contribution in [0.4, 0.5) is 5.69 Å². The minimum Gasteiger partial charge on any atom is -0.478 e. The number of halogens is 1. The Morgan fingerprint density at radius 2 is 1.87 bits per heavy atom. The van der Waals surface area contributed by atoms with Gasteiger partial charge in [0.25, 0.3) is 0 Å². The van der Waals surface area contributed by atoms with Gasteiger partial charge in [-0.1, -0.05) is 35.3 Å². The van der Waals surface area contributed by atoms with E-state index in [4.69, 9.17) is 16.1 Å². The summed E-state index contributed by atoms with van der Waals surface area (Å²) in [5.74, 6) is 2.12. The van der Waals surface area contributed by atoms with Crippen LogP contribution in [0.3, 0.4) is 0 Å². The Bertz CT molecular complexity index is 1500. The van der Waals surface area contributed by atoms with Gasteiger partial charge in [0.15, 0.2) is 0 Å². The fourth-order valence-electron chi connectivity index (χ4n) is 6.45. The molecule has 2 aliphatic carbocycles. The number of anilines is 1. The van der Waals surface area contributed by atoms with Crippen LogP contribution >= 0.6 is 11.6 Å². The number of hydrogen-bond donors (Lipinski definition) is 2. The number of fused-ring (bicyclic) bond motifs is 2. The zero-order chi connectivity index (χ0) is 27.3.